The van der Waals surface area contributed by atoms with Crippen molar-refractivity contribution in [3.05, 3.63) is 34.1 Å². The largest absolute Gasteiger partial charge is 0.299 e. The summed E-state index contributed by atoms with van der Waals surface area (Å²) < 4.78 is 14.9. The number of carbonyl (C=O) groups excluding carboxylic acids is 1. The summed E-state index contributed by atoms with van der Waals surface area (Å²) in [4.78, 5) is 14.5. The predicted molar refractivity (Wildman–Crippen MR) is 84.5 cm³/mol. The van der Waals surface area contributed by atoms with Crippen molar-refractivity contribution in [3.63, 3.8) is 0 Å². The van der Waals surface area contributed by atoms with Gasteiger partial charge in [0.25, 0.3) is 0 Å². The van der Waals surface area contributed by atoms with Crippen molar-refractivity contribution >= 4 is 21.7 Å². The third kappa shape index (κ3) is 3.37. The van der Waals surface area contributed by atoms with Crippen molar-refractivity contribution in [1.29, 1.82) is 0 Å². The second-order valence-corrected chi connectivity index (χ2v) is 7.15. The van der Waals surface area contributed by atoms with Crippen LogP contribution in [0.25, 0.3) is 0 Å². The quantitative estimate of drug-likeness (QED) is 0.806. The zero-order chi connectivity index (χ0) is 14.8. The van der Waals surface area contributed by atoms with Gasteiger partial charge in [-0.25, -0.2) is 4.39 Å². The number of hydrogen-bond acceptors (Lipinski definition) is 2. The lowest BCUT2D eigenvalue weighted by atomic mass is 9.82. The third-order valence-corrected chi connectivity index (χ3v) is 5.36. The van der Waals surface area contributed by atoms with Gasteiger partial charge in [-0.3, -0.25) is 9.69 Å². The van der Waals surface area contributed by atoms with E-state index in [0.29, 0.717) is 18.4 Å². The molecule has 4 heteroatoms. The molecule has 1 heterocycles. The van der Waals surface area contributed by atoms with Gasteiger partial charge < -0.3 is 0 Å². The van der Waals surface area contributed by atoms with Crippen LogP contribution in [0.5, 0.6) is 0 Å². The van der Waals surface area contributed by atoms with Gasteiger partial charge >= 0.3 is 0 Å². The number of halogens is 2. The van der Waals surface area contributed by atoms with Gasteiger partial charge in [0, 0.05) is 35.0 Å². The Labute approximate surface area is 133 Å². The van der Waals surface area contributed by atoms with Crippen molar-refractivity contribution < 1.29 is 9.18 Å². The summed E-state index contributed by atoms with van der Waals surface area (Å²) in [6.07, 6.45) is 6.14. The Morgan fingerprint density at radius 1 is 1.24 bits per heavy atom. The van der Waals surface area contributed by atoms with Crippen molar-refractivity contribution in [2.75, 3.05) is 6.54 Å². The number of nitrogens with zero attached hydrogens (tertiary/aromatic N) is 1. The van der Waals surface area contributed by atoms with Crippen molar-refractivity contribution in [1.82, 2.24) is 4.90 Å². The average Bonchev–Trinajstić information content (AvgIpc) is 2.91. The maximum Gasteiger partial charge on any atom is 0.137 e. The average molecular weight is 354 g/mol. The van der Waals surface area contributed by atoms with Gasteiger partial charge in [-0.15, -0.1) is 0 Å². The summed E-state index contributed by atoms with van der Waals surface area (Å²) in [6, 6.07) is 5.41. The number of benzene rings is 1. The molecule has 3 rings (SSSR count). The number of ketones is 1. The fraction of sp³-hybridized carbons (Fsp3) is 0.588. The molecule has 2 nitrogen and oxygen atoms in total. The third-order valence-electron chi connectivity index (χ3n) is 4.86. The zero-order valence-electron chi connectivity index (χ0n) is 12.2. The Morgan fingerprint density at radius 3 is 2.90 bits per heavy atom. The maximum atomic E-state index is 14.0. The first kappa shape index (κ1) is 15.2. The molecular weight excluding hydrogens is 333 g/mol. The van der Waals surface area contributed by atoms with Gasteiger partial charge in [0.15, 0.2) is 0 Å². The van der Waals surface area contributed by atoms with E-state index in [-0.39, 0.29) is 11.7 Å². The predicted octanol–water partition coefficient (Wildman–Crippen LogP) is 4.31. The molecule has 0 radical (unpaired) electrons. The zero-order valence-corrected chi connectivity index (χ0v) is 13.7. The highest BCUT2D eigenvalue weighted by Crippen LogP contribution is 2.33. The Balaban J connectivity index is 1.74. The molecule has 2 unspecified atom stereocenters. The molecule has 1 aliphatic carbocycles. The van der Waals surface area contributed by atoms with Crippen LogP contribution in [0.3, 0.4) is 0 Å². The minimum Gasteiger partial charge on any atom is -0.299 e. The standard InChI is InChI=1S/C17H21BrFNO/c18-13-7-8-15(19)12(10-13)11-20-9-3-5-16(20)14-4-1-2-6-17(14)21/h7-8,10,14,16H,1-6,9,11H2. The first-order valence-electron chi connectivity index (χ1n) is 7.86. The fourth-order valence-corrected chi connectivity index (χ4v) is 4.21. The Morgan fingerprint density at radius 2 is 2.10 bits per heavy atom. The van der Waals surface area contributed by atoms with Gasteiger partial charge in [0.1, 0.15) is 11.6 Å². The summed E-state index contributed by atoms with van der Waals surface area (Å²) >= 11 is 3.41. The lowest BCUT2D eigenvalue weighted by molar-refractivity contribution is -0.126. The van der Waals surface area contributed by atoms with Gasteiger partial charge in [-0.2, -0.15) is 0 Å². The molecular formula is C17H21BrFNO. The summed E-state index contributed by atoms with van der Waals surface area (Å²) in [7, 11) is 0. The van der Waals surface area contributed by atoms with Crippen LogP contribution in [0.1, 0.15) is 44.1 Å². The van der Waals surface area contributed by atoms with Crippen LogP contribution < -0.4 is 0 Å². The van der Waals surface area contributed by atoms with Crippen LogP contribution in [-0.4, -0.2) is 23.3 Å². The molecule has 1 saturated heterocycles. The van der Waals surface area contributed by atoms with Crippen molar-refractivity contribution in [3.8, 4) is 0 Å². The van der Waals surface area contributed by atoms with Crippen LogP contribution in [0.4, 0.5) is 4.39 Å². The summed E-state index contributed by atoms with van der Waals surface area (Å²) in [5.74, 6) is 0.447. The van der Waals surface area contributed by atoms with Crippen molar-refractivity contribution in [2.45, 2.75) is 51.1 Å². The molecule has 0 aromatic heterocycles. The summed E-state index contributed by atoms with van der Waals surface area (Å²) in [6.45, 7) is 1.58. The molecule has 1 aromatic carbocycles. The highest BCUT2D eigenvalue weighted by molar-refractivity contribution is 9.10. The van der Waals surface area contributed by atoms with Gasteiger partial charge in [0.05, 0.1) is 0 Å². The first-order valence-corrected chi connectivity index (χ1v) is 8.65. The SMILES string of the molecule is O=C1CCCCC1C1CCCN1Cc1cc(Br)ccc1F. The number of carbonyl (C=O) groups is 1. The monoisotopic (exact) mass is 353 g/mol. The van der Waals surface area contributed by atoms with Gasteiger partial charge in [-0.05, 0) is 50.4 Å². The molecule has 1 aliphatic heterocycles. The van der Waals surface area contributed by atoms with E-state index in [4.69, 9.17) is 0 Å². The van der Waals surface area contributed by atoms with Crippen LogP contribution in [0, 0.1) is 11.7 Å². The van der Waals surface area contributed by atoms with Gasteiger partial charge in [-0.1, -0.05) is 22.4 Å². The molecule has 0 bridgehead atoms. The van der Waals surface area contributed by atoms with Gasteiger partial charge in [0.2, 0.25) is 0 Å². The first-order chi connectivity index (χ1) is 10.1. The van der Waals surface area contributed by atoms with E-state index in [1.165, 1.54) is 6.07 Å². The molecule has 21 heavy (non-hydrogen) atoms. The maximum absolute atomic E-state index is 14.0. The topological polar surface area (TPSA) is 20.3 Å². The molecule has 114 valence electrons. The van der Waals surface area contributed by atoms with Crippen molar-refractivity contribution in [2.24, 2.45) is 5.92 Å². The molecule has 0 amide bonds. The van der Waals surface area contributed by atoms with E-state index in [1.54, 1.807) is 6.07 Å². The molecule has 1 saturated carbocycles. The second-order valence-electron chi connectivity index (χ2n) is 6.23. The highest BCUT2D eigenvalue weighted by atomic mass is 79.9. The molecule has 1 aromatic rings. The molecule has 0 N–H and O–H groups in total. The van der Waals surface area contributed by atoms with E-state index in [9.17, 15) is 9.18 Å². The molecule has 2 fully saturated rings. The highest BCUT2D eigenvalue weighted by Gasteiger charge is 2.36. The summed E-state index contributed by atoms with van der Waals surface area (Å²) in [5, 5.41) is 0. The lowest BCUT2D eigenvalue weighted by Gasteiger charge is -2.33. The minimum absolute atomic E-state index is 0.154. The van der Waals surface area contributed by atoms with E-state index < -0.39 is 0 Å². The lowest BCUT2D eigenvalue weighted by Crippen LogP contribution is -2.40. The smallest absolute Gasteiger partial charge is 0.137 e. The van der Waals surface area contributed by atoms with E-state index in [2.05, 4.69) is 20.8 Å². The summed E-state index contributed by atoms with van der Waals surface area (Å²) in [5.41, 5.74) is 0.722. The van der Waals surface area contributed by atoms with Crippen LogP contribution in [-0.2, 0) is 11.3 Å². The number of rotatable bonds is 3. The number of Topliss-reactive ketones (excluding diaryl/α,β-unsaturated/α-hetero) is 1. The Kier molecular flexibility index (Phi) is 4.75. The molecule has 0 spiro atoms. The Bertz CT molecular complexity index is 534. The van der Waals surface area contributed by atoms with Crippen LogP contribution in [0.2, 0.25) is 0 Å². The molecule has 2 atom stereocenters. The van der Waals surface area contributed by atoms with Crippen LogP contribution >= 0.6 is 15.9 Å². The number of hydrogen-bond donors (Lipinski definition) is 0. The van der Waals surface area contributed by atoms with E-state index >= 15 is 0 Å². The minimum atomic E-state index is -0.154. The normalized spacial score (nSPS) is 27.2. The van der Waals surface area contributed by atoms with Crippen LogP contribution in [0.15, 0.2) is 22.7 Å². The Hall–Kier alpha value is -0.740. The number of likely N-dealkylation sites (tertiary alicyclic amines) is 1. The molecule has 2 aliphatic rings. The van der Waals surface area contributed by atoms with E-state index in [0.717, 1.165) is 55.1 Å². The second kappa shape index (κ2) is 6.57. The fourth-order valence-electron chi connectivity index (χ4n) is 3.80. The van der Waals surface area contributed by atoms with E-state index in [1.807, 2.05) is 6.07 Å².